The van der Waals surface area contributed by atoms with Crippen molar-refractivity contribution in [3.63, 3.8) is 0 Å². The normalized spacial score (nSPS) is 11.8. The van der Waals surface area contributed by atoms with E-state index in [9.17, 15) is 14.0 Å². The van der Waals surface area contributed by atoms with E-state index in [2.05, 4.69) is 34.8 Å². The van der Waals surface area contributed by atoms with Crippen LogP contribution in [0.15, 0.2) is 66.9 Å². The maximum atomic E-state index is 13.1. The Morgan fingerprint density at radius 2 is 1.69 bits per heavy atom. The van der Waals surface area contributed by atoms with Gasteiger partial charge in [0.1, 0.15) is 5.82 Å². The van der Waals surface area contributed by atoms with Crippen LogP contribution < -0.4 is 16.0 Å². The summed E-state index contributed by atoms with van der Waals surface area (Å²) in [5.74, 6) is -0.829. The molecule has 0 bridgehead atoms. The Morgan fingerprint density at radius 1 is 0.969 bits per heavy atom. The van der Waals surface area contributed by atoms with Crippen molar-refractivity contribution in [3.05, 3.63) is 89.5 Å². The summed E-state index contributed by atoms with van der Waals surface area (Å²) in [5.41, 5.74) is 3.14. The highest BCUT2D eigenvalue weighted by Crippen LogP contribution is 2.22. The van der Waals surface area contributed by atoms with Crippen LogP contribution in [0.1, 0.15) is 41.5 Å². The lowest BCUT2D eigenvalue weighted by atomic mass is 9.97. The molecule has 1 heterocycles. The van der Waals surface area contributed by atoms with Crippen LogP contribution in [-0.4, -0.2) is 23.3 Å². The topological polar surface area (TPSA) is 83.1 Å². The molecule has 2 amide bonds. The number of rotatable bonds is 8. The monoisotopic (exact) mass is 434 g/mol. The maximum Gasteiger partial charge on any atom is 0.257 e. The molecule has 0 spiro atoms. The average molecular weight is 435 g/mol. The summed E-state index contributed by atoms with van der Waals surface area (Å²) in [5, 5.41) is 8.79. The molecule has 1 unspecified atom stereocenters. The molecule has 0 aliphatic heterocycles. The van der Waals surface area contributed by atoms with Crippen LogP contribution in [0.4, 0.5) is 15.8 Å². The summed E-state index contributed by atoms with van der Waals surface area (Å²) in [7, 11) is 0. The number of benzene rings is 2. The third-order valence-electron chi connectivity index (χ3n) is 5.04. The van der Waals surface area contributed by atoms with Gasteiger partial charge in [0.25, 0.3) is 5.91 Å². The predicted molar refractivity (Wildman–Crippen MR) is 124 cm³/mol. The number of pyridine rings is 1. The zero-order valence-electron chi connectivity index (χ0n) is 18.4. The van der Waals surface area contributed by atoms with Gasteiger partial charge in [-0.2, -0.15) is 0 Å². The Bertz CT molecular complexity index is 1080. The van der Waals surface area contributed by atoms with Crippen LogP contribution in [0.25, 0.3) is 0 Å². The molecule has 0 fully saturated rings. The molecule has 166 valence electrons. The van der Waals surface area contributed by atoms with Crippen LogP contribution >= 0.6 is 0 Å². The lowest BCUT2D eigenvalue weighted by Crippen LogP contribution is -2.34. The van der Waals surface area contributed by atoms with E-state index in [0.29, 0.717) is 16.9 Å². The number of nitrogens with one attached hydrogen (secondary N) is 3. The molecule has 1 aromatic heterocycles. The number of aromatic nitrogens is 1. The number of aryl methyl sites for hydroxylation is 1. The first-order valence-corrected chi connectivity index (χ1v) is 10.5. The molecule has 0 saturated carbocycles. The zero-order valence-corrected chi connectivity index (χ0v) is 18.4. The van der Waals surface area contributed by atoms with E-state index in [1.807, 2.05) is 19.1 Å². The first-order valence-electron chi connectivity index (χ1n) is 10.5. The summed E-state index contributed by atoms with van der Waals surface area (Å²) in [6.07, 6.45) is 1.75. The van der Waals surface area contributed by atoms with Gasteiger partial charge in [0.15, 0.2) is 0 Å². The van der Waals surface area contributed by atoms with Gasteiger partial charge in [0, 0.05) is 11.9 Å². The lowest BCUT2D eigenvalue weighted by Gasteiger charge is -2.23. The lowest BCUT2D eigenvalue weighted by molar-refractivity contribution is -0.115. The SMILES string of the molecule is Cc1cccnc1C(NCC(=O)Nc1ccccc1C(=O)Nc1ccc(F)cc1)C(C)C. The van der Waals surface area contributed by atoms with Crippen molar-refractivity contribution in [1.82, 2.24) is 10.3 Å². The second-order valence-electron chi connectivity index (χ2n) is 7.86. The van der Waals surface area contributed by atoms with Gasteiger partial charge < -0.3 is 10.6 Å². The Hall–Kier alpha value is -3.58. The van der Waals surface area contributed by atoms with Gasteiger partial charge in [-0.3, -0.25) is 19.9 Å². The molecular weight excluding hydrogens is 407 g/mol. The Kier molecular flexibility index (Phi) is 7.68. The fourth-order valence-electron chi connectivity index (χ4n) is 3.39. The third-order valence-corrected chi connectivity index (χ3v) is 5.04. The van der Waals surface area contributed by atoms with Crippen molar-refractivity contribution in [2.45, 2.75) is 26.8 Å². The maximum absolute atomic E-state index is 13.1. The number of halogens is 1. The van der Waals surface area contributed by atoms with Gasteiger partial charge >= 0.3 is 0 Å². The van der Waals surface area contributed by atoms with Crippen LogP contribution in [-0.2, 0) is 4.79 Å². The fraction of sp³-hybridized carbons (Fsp3) is 0.240. The molecule has 0 radical (unpaired) electrons. The largest absolute Gasteiger partial charge is 0.324 e. The van der Waals surface area contributed by atoms with Crippen molar-refractivity contribution in [2.24, 2.45) is 5.92 Å². The number of para-hydroxylation sites is 1. The molecule has 0 aliphatic rings. The number of amides is 2. The van der Waals surface area contributed by atoms with Crippen molar-refractivity contribution >= 4 is 23.2 Å². The number of anilines is 2. The molecule has 0 aliphatic carbocycles. The van der Waals surface area contributed by atoms with Crippen LogP contribution in [0.3, 0.4) is 0 Å². The van der Waals surface area contributed by atoms with E-state index in [4.69, 9.17) is 0 Å². The van der Waals surface area contributed by atoms with E-state index < -0.39 is 5.91 Å². The van der Waals surface area contributed by atoms with Gasteiger partial charge in [-0.05, 0) is 60.9 Å². The average Bonchev–Trinajstić information content (AvgIpc) is 2.77. The van der Waals surface area contributed by atoms with E-state index in [1.165, 1.54) is 24.3 Å². The molecule has 0 saturated heterocycles. The molecule has 3 rings (SSSR count). The van der Waals surface area contributed by atoms with Crippen LogP contribution in [0.5, 0.6) is 0 Å². The van der Waals surface area contributed by atoms with E-state index in [-0.39, 0.29) is 30.2 Å². The Morgan fingerprint density at radius 3 is 2.38 bits per heavy atom. The van der Waals surface area contributed by atoms with Crippen LogP contribution in [0, 0.1) is 18.7 Å². The van der Waals surface area contributed by atoms with E-state index in [0.717, 1.165) is 11.3 Å². The summed E-state index contributed by atoms with van der Waals surface area (Å²) < 4.78 is 13.1. The smallest absolute Gasteiger partial charge is 0.257 e. The minimum atomic E-state index is -0.398. The van der Waals surface area contributed by atoms with Gasteiger partial charge in [-0.25, -0.2) is 4.39 Å². The van der Waals surface area contributed by atoms with E-state index in [1.54, 1.807) is 30.5 Å². The summed E-state index contributed by atoms with van der Waals surface area (Å²) in [6.45, 7) is 6.19. The second-order valence-corrected chi connectivity index (χ2v) is 7.86. The van der Waals surface area contributed by atoms with Gasteiger partial charge in [-0.1, -0.05) is 32.0 Å². The van der Waals surface area contributed by atoms with Crippen molar-refractivity contribution in [3.8, 4) is 0 Å². The summed E-state index contributed by atoms with van der Waals surface area (Å²) >= 11 is 0. The molecule has 3 aromatic rings. The molecule has 2 aromatic carbocycles. The zero-order chi connectivity index (χ0) is 23.1. The van der Waals surface area contributed by atoms with Gasteiger partial charge in [0.2, 0.25) is 5.91 Å². The third kappa shape index (κ3) is 5.98. The highest BCUT2D eigenvalue weighted by atomic mass is 19.1. The number of hydrogen-bond donors (Lipinski definition) is 3. The Labute approximate surface area is 187 Å². The van der Waals surface area contributed by atoms with Crippen molar-refractivity contribution < 1.29 is 14.0 Å². The van der Waals surface area contributed by atoms with Gasteiger partial charge in [0.05, 0.1) is 29.5 Å². The molecule has 32 heavy (non-hydrogen) atoms. The first-order chi connectivity index (χ1) is 15.3. The fourth-order valence-corrected chi connectivity index (χ4v) is 3.39. The number of hydrogen-bond acceptors (Lipinski definition) is 4. The van der Waals surface area contributed by atoms with Crippen LogP contribution in [0.2, 0.25) is 0 Å². The molecule has 1 atom stereocenters. The van der Waals surface area contributed by atoms with Crippen molar-refractivity contribution in [1.29, 1.82) is 0 Å². The highest BCUT2D eigenvalue weighted by molar-refractivity contribution is 6.10. The minimum absolute atomic E-state index is 0.0623. The second kappa shape index (κ2) is 10.6. The molecular formula is C25H27FN4O2. The van der Waals surface area contributed by atoms with E-state index >= 15 is 0 Å². The standard InChI is InChI=1S/C25H27FN4O2/c1-16(2)23(24-17(3)7-6-14-27-24)28-15-22(31)30-21-9-5-4-8-20(21)25(32)29-19-12-10-18(26)11-13-19/h4-14,16,23,28H,15H2,1-3H3,(H,29,32)(H,30,31). The first kappa shape index (κ1) is 23.1. The highest BCUT2D eigenvalue weighted by Gasteiger charge is 2.20. The molecule has 6 nitrogen and oxygen atoms in total. The number of carbonyl (C=O) groups excluding carboxylic acids is 2. The quantitative estimate of drug-likeness (QED) is 0.480. The van der Waals surface area contributed by atoms with Gasteiger partial charge in [-0.15, -0.1) is 0 Å². The molecule has 7 heteroatoms. The Balaban J connectivity index is 1.67. The van der Waals surface area contributed by atoms with Crippen molar-refractivity contribution in [2.75, 3.05) is 17.2 Å². The number of nitrogens with zero attached hydrogens (tertiary/aromatic N) is 1. The summed E-state index contributed by atoms with van der Waals surface area (Å²) in [4.78, 5) is 29.8. The summed E-state index contributed by atoms with van der Waals surface area (Å²) in [6, 6.07) is 16.0. The molecule has 3 N–H and O–H groups in total. The minimum Gasteiger partial charge on any atom is -0.324 e. The predicted octanol–water partition coefficient (Wildman–Crippen LogP) is 4.71. The number of carbonyl (C=O) groups is 2.